The number of hydrogen-bond acceptors (Lipinski definition) is 3. The molecule has 0 fully saturated rings. The molecule has 0 unspecified atom stereocenters. The number of nitrogens with zero attached hydrogens (tertiary/aromatic N) is 4. The fourth-order valence-electron chi connectivity index (χ4n) is 1.39. The third-order valence-corrected chi connectivity index (χ3v) is 2.16. The van der Waals surface area contributed by atoms with Crippen LogP contribution in [0.25, 0.3) is 0 Å². The van der Waals surface area contributed by atoms with Crippen molar-refractivity contribution in [3.63, 3.8) is 0 Å². The van der Waals surface area contributed by atoms with Gasteiger partial charge in [0, 0.05) is 25.6 Å². The Labute approximate surface area is 82.2 Å². The second kappa shape index (κ2) is 3.17. The van der Waals surface area contributed by atoms with Crippen LogP contribution in [0.5, 0.6) is 0 Å². The lowest BCUT2D eigenvalue weighted by molar-refractivity contribution is 0.706. The Morgan fingerprint density at radius 2 is 2.29 bits per heavy atom. The largest absolute Gasteiger partial charge is 0.369 e. The standard InChI is InChI=1S/C9H13N5/c1-7-5-14(9(10)12-7)6-8-11-3-4-13(8)2/h3-5H,6H2,1-2H3,(H2,10,12). The lowest BCUT2D eigenvalue weighted by Crippen LogP contribution is -2.07. The van der Waals surface area contributed by atoms with Crippen LogP contribution in [0, 0.1) is 6.92 Å². The molecule has 2 N–H and O–H groups in total. The van der Waals surface area contributed by atoms with Crippen LogP contribution in [-0.2, 0) is 13.6 Å². The normalized spacial score (nSPS) is 10.7. The summed E-state index contributed by atoms with van der Waals surface area (Å²) in [5.74, 6) is 1.50. The third kappa shape index (κ3) is 1.48. The predicted molar refractivity (Wildman–Crippen MR) is 53.7 cm³/mol. The van der Waals surface area contributed by atoms with E-state index in [0.29, 0.717) is 12.5 Å². The maximum atomic E-state index is 5.72. The number of nitrogen functional groups attached to an aromatic ring is 1. The van der Waals surface area contributed by atoms with Gasteiger partial charge in [-0.2, -0.15) is 0 Å². The van der Waals surface area contributed by atoms with Gasteiger partial charge in [-0.3, -0.25) is 0 Å². The van der Waals surface area contributed by atoms with Crippen LogP contribution in [0.15, 0.2) is 18.6 Å². The Kier molecular flexibility index (Phi) is 1.99. The van der Waals surface area contributed by atoms with Gasteiger partial charge < -0.3 is 14.9 Å². The van der Waals surface area contributed by atoms with Crippen LogP contribution in [0.3, 0.4) is 0 Å². The van der Waals surface area contributed by atoms with Gasteiger partial charge in [-0.15, -0.1) is 0 Å². The number of nitrogens with two attached hydrogens (primary N) is 1. The molecule has 0 spiro atoms. The molecule has 5 nitrogen and oxygen atoms in total. The van der Waals surface area contributed by atoms with E-state index in [1.54, 1.807) is 6.20 Å². The quantitative estimate of drug-likeness (QED) is 0.754. The molecule has 0 saturated heterocycles. The molecule has 0 radical (unpaired) electrons. The Morgan fingerprint density at radius 3 is 2.79 bits per heavy atom. The fraction of sp³-hybridized carbons (Fsp3) is 0.333. The Morgan fingerprint density at radius 1 is 1.50 bits per heavy atom. The third-order valence-electron chi connectivity index (χ3n) is 2.16. The van der Waals surface area contributed by atoms with Crippen molar-refractivity contribution in [1.29, 1.82) is 0 Å². The summed E-state index contributed by atoms with van der Waals surface area (Å²) in [5.41, 5.74) is 6.65. The molecule has 2 heterocycles. The van der Waals surface area contributed by atoms with Crippen LogP contribution in [-0.4, -0.2) is 19.1 Å². The second-order valence-electron chi connectivity index (χ2n) is 3.32. The molecule has 0 aromatic carbocycles. The first-order chi connectivity index (χ1) is 6.66. The Bertz CT molecular complexity index is 440. The minimum absolute atomic E-state index is 0.533. The van der Waals surface area contributed by atoms with Crippen LogP contribution in [0.2, 0.25) is 0 Å². The van der Waals surface area contributed by atoms with Gasteiger partial charge in [0.15, 0.2) is 0 Å². The molecule has 74 valence electrons. The van der Waals surface area contributed by atoms with E-state index in [1.807, 2.05) is 35.5 Å². The van der Waals surface area contributed by atoms with Crippen LogP contribution < -0.4 is 5.73 Å². The van der Waals surface area contributed by atoms with Crippen LogP contribution >= 0.6 is 0 Å². The number of imidazole rings is 2. The van der Waals surface area contributed by atoms with Gasteiger partial charge in [-0.25, -0.2) is 9.97 Å². The highest BCUT2D eigenvalue weighted by Gasteiger charge is 2.04. The van der Waals surface area contributed by atoms with Crippen molar-refractivity contribution < 1.29 is 0 Å². The van der Waals surface area contributed by atoms with E-state index >= 15 is 0 Å². The van der Waals surface area contributed by atoms with Crippen molar-refractivity contribution in [2.45, 2.75) is 13.5 Å². The summed E-state index contributed by atoms with van der Waals surface area (Å²) in [4.78, 5) is 8.35. The molecular weight excluding hydrogens is 178 g/mol. The fourth-order valence-corrected chi connectivity index (χ4v) is 1.39. The first-order valence-corrected chi connectivity index (χ1v) is 4.42. The number of aromatic nitrogens is 4. The molecule has 0 aliphatic carbocycles. The summed E-state index contributed by atoms with van der Waals surface area (Å²) in [7, 11) is 1.96. The number of rotatable bonds is 2. The highest BCUT2D eigenvalue weighted by Crippen LogP contribution is 2.06. The van der Waals surface area contributed by atoms with Gasteiger partial charge in [-0.05, 0) is 6.92 Å². The summed E-state index contributed by atoms with van der Waals surface area (Å²) in [6, 6.07) is 0. The van der Waals surface area contributed by atoms with E-state index < -0.39 is 0 Å². The summed E-state index contributed by atoms with van der Waals surface area (Å²) in [5, 5.41) is 0. The van der Waals surface area contributed by atoms with E-state index in [9.17, 15) is 0 Å². The summed E-state index contributed by atoms with van der Waals surface area (Å²) in [6.45, 7) is 2.58. The zero-order valence-corrected chi connectivity index (χ0v) is 8.31. The summed E-state index contributed by atoms with van der Waals surface area (Å²) >= 11 is 0. The molecule has 2 rings (SSSR count). The lowest BCUT2D eigenvalue weighted by Gasteiger charge is -2.03. The summed E-state index contributed by atoms with van der Waals surface area (Å²) in [6.07, 6.45) is 5.61. The van der Waals surface area contributed by atoms with E-state index in [0.717, 1.165) is 11.5 Å². The van der Waals surface area contributed by atoms with Crippen molar-refractivity contribution in [2.75, 3.05) is 5.73 Å². The monoisotopic (exact) mass is 191 g/mol. The molecule has 0 saturated carbocycles. The van der Waals surface area contributed by atoms with Gasteiger partial charge in [0.2, 0.25) is 5.95 Å². The van der Waals surface area contributed by atoms with Gasteiger partial charge >= 0.3 is 0 Å². The van der Waals surface area contributed by atoms with Gasteiger partial charge in [-0.1, -0.05) is 0 Å². The van der Waals surface area contributed by atoms with Crippen molar-refractivity contribution in [3.05, 3.63) is 30.1 Å². The number of anilines is 1. The molecule has 2 aromatic rings. The zero-order chi connectivity index (χ0) is 10.1. The molecule has 0 aliphatic heterocycles. The van der Waals surface area contributed by atoms with E-state index in [1.165, 1.54) is 0 Å². The minimum Gasteiger partial charge on any atom is -0.369 e. The lowest BCUT2D eigenvalue weighted by atomic mass is 10.5. The number of aryl methyl sites for hydroxylation is 2. The first-order valence-electron chi connectivity index (χ1n) is 4.42. The van der Waals surface area contributed by atoms with E-state index in [-0.39, 0.29) is 0 Å². The summed E-state index contributed by atoms with van der Waals surface area (Å²) < 4.78 is 3.85. The Hall–Kier alpha value is -1.78. The second-order valence-corrected chi connectivity index (χ2v) is 3.32. The van der Waals surface area contributed by atoms with Gasteiger partial charge in [0.1, 0.15) is 5.82 Å². The van der Waals surface area contributed by atoms with Crippen LogP contribution in [0.1, 0.15) is 11.5 Å². The molecule has 2 aromatic heterocycles. The average Bonchev–Trinajstić information content (AvgIpc) is 2.62. The molecule has 0 bridgehead atoms. The molecule has 0 amide bonds. The molecule has 14 heavy (non-hydrogen) atoms. The van der Waals surface area contributed by atoms with Crippen molar-refractivity contribution in [1.82, 2.24) is 19.1 Å². The molecule has 0 atom stereocenters. The molecule has 5 heteroatoms. The highest BCUT2D eigenvalue weighted by molar-refractivity contribution is 5.22. The highest BCUT2D eigenvalue weighted by atomic mass is 15.2. The molecular formula is C9H13N5. The first kappa shape index (κ1) is 8.80. The topological polar surface area (TPSA) is 61.7 Å². The smallest absolute Gasteiger partial charge is 0.200 e. The molecule has 0 aliphatic rings. The maximum absolute atomic E-state index is 5.72. The SMILES string of the molecule is Cc1cn(Cc2nccn2C)c(N)n1. The van der Waals surface area contributed by atoms with Gasteiger partial charge in [0.25, 0.3) is 0 Å². The minimum atomic E-state index is 0.533. The average molecular weight is 191 g/mol. The van der Waals surface area contributed by atoms with Crippen molar-refractivity contribution >= 4 is 5.95 Å². The van der Waals surface area contributed by atoms with Crippen LogP contribution in [0.4, 0.5) is 5.95 Å². The van der Waals surface area contributed by atoms with Crippen molar-refractivity contribution in [2.24, 2.45) is 7.05 Å². The van der Waals surface area contributed by atoms with E-state index in [2.05, 4.69) is 9.97 Å². The number of hydrogen-bond donors (Lipinski definition) is 1. The van der Waals surface area contributed by atoms with Crippen molar-refractivity contribution in [3.8, 4) is 0 Å². The Balaban J connectivity index is 2.27. The predicted octanol–water partition coefficient (Wildman–Crippen LogP) is 0.556. The zero-order valence-electron chi connectivity index (χ0n) is 8.31. The van der Waals surface area contributed by atoms with Gasteiger partial charge in [0.05, 0.1) is 12.2 Å². The van der Waals surface area contributed by atoms with E-state index in [4.69, 9.17) is 5.73 Å². The maximum Gasteiger partial charge on any atom is 0.200 e.